The van der Waals surface area contributed by atoms with E-state index < -0.39 is 0 Å². The standard InChI is InChI=1S/C15H24N2O3.ClH/c1-5-20-13-7-6-12(8-14(13)19-4)11(3)17-15(18)10(2)9-16;/h6-8,10-11H,5,9,16H2,1-4H3,(H,17,18);1H. The maximum absolute atomic E-state index is 11.8. The number of nitrogens with one attached hydrogen (secondary N) is 1. The van der Waals surface area contributed by atoms with Crippen molar-refractivity contribution in [2.75, 3.05) is 20.3 Å². The van der Waals surface area contributed by atoms with Crippen molar-refractivity contribution in [2.24, 2.45) is 11.7 Å². The zero-order valence-corrected chi connectivity index (χ0v) is 13.8. The van der Waals surface area contributed by atoms with Gasteiger partial charge in [-0.15, -0.1) is 12.4 Å². The van der Waals surface area contributed by atoms with Crippen LogP contribution in [0.15, 0.2) is 18.2 Å². The lowest BCUT2D eigenvalue weighted by Gasteiger charge is -2.18. The number of hydrogen-bond acceptors (Lipinski definition) is 4. The van der Waals surface area contributed by atoms with Gasteiger partial charge in [0, 0.05) is 12.5 Å². The highest BCUT2D eigenvalue weighted by molar-refractivity contribution is 5.85. The second-order valence-electron chi connectivity index (χ2n) is 4.71. The maximum atomic E-state index is 11.8. The minimum absolute atomic E-state index is 0. The van der Waals surface area contributed by atoms with E-state index >= 15 is 0 Å². The highest BCUT2D eigenvalue weighted by atomic mass is 35.5. The van der Waals surface area contributed by atoms with Crippen LogP contribution in [0.3, 0.4) is 0 Å². The third-order valence-corrected chi connectivity index (χ3v) is 3.15. The van der Waals surface area contributed by atoms with Gasteiger partial charge in [-0.05, 0) is 31.5 Å². The molecule has 0 aliphatic heterocycles. The van der Waals surface area contributed by atoms with Gasteiger partial charge in [0.2, 0.25) is 5.91 Å². The number of halogens is 1. The predicted molar refractivity (Wildman–Crippen MR) is 86.2 cm³/mol. The molecular formula is C15H25ClN2O3. The van der Waals surface area contributed by atoms with Crippen molar-refractivity contribution in [3.63, 3.8) is 0 Å². The van der Waals surface area contributed by atoms with Gasteiger partial charge in [0.25, 0.3) is 0 Å². The van der Waals surface area contributed by atoms with Crippen LogP contribution in [0.1, 0.15) is 32.4 Å². The summed E-state index contributed by atoms with van der Waals surface area (Å²) in [5, 5.41) is 2.93. The van der Waals surface area contributed by atoms with E-state index in [2.05, 4.69) is 5.32 Å². The summed E-state index contributed by atoms with van der Waals surface area (Å²) in [6.45, 7) is 6.57. The van der Waals surface area contributed by atoms with Gasteiger partial charge in [-0.1, -0.05) is 13.0 Å². The molecule has 0 heterocycles. The van der Waals surface area contributed by atoms with Crippen LogP contribution in [0.5, 0.6) is 11.5 Å². The topological polar surface area (TPSA) is 73.6 Å². The second-order valence-corrected chi connectivity index (χ2v) is 4.71. The number of rotatable bonds is 7. The summed E-state index contributed by atoms with van der Waals surface area (Å²) in [5.74, 6) is 1.12. The molecule has 0 aliphatic carbocycles. The van der Waals surface area contributed by atoms with Crippen molar-refractivity contribution in [3.8, 4) is 11.5 Å². The van der Waals surface area contributed by atoms with Crippen molar-refractivity contribution >= 4 is 18.3 Å². The number of benzene rings is 1. The van der Waals surface area contributed by atoms with Crippen LogP contribution in [0.2, 0.25) is 0 Å². The van der Waals surface area contributed by atoms with E-state index in [9.17, 15) is 4.79 Å². The molecule has 0 aliphatic rings. The van der Waals surface area contributed by atoms with Gasteiger partial charge in [-0.25, -0.2) is 0 Å². The van der Waals surface area contributed by atoms with Crippen LogP contribution in [0.4, 0.5) is 0 Å². The van der Waals surface area contributed by atoms with Gasteiger partial charge >= 0.3 is 0 Å². The number of methoxy groups -OCH3 is 1. The average molecular weight is 317 g/mol. The summed E-state index contributed by atoms with van der Waals surface area (Å²) in [7, 11) is 1.60. The molecule has 0 saturated heterocycles. The summed E-state index contributed by atoms with van der Waals surface area (Å²) in [4.78, 5) is 11.8. The third-order valence-electron chi connectivity index (χ3n) is 3.15. The monoisotopic (exact) mass is 316 g/mol. The molecule has 120 valence electrons. The van der Waals surface area contributed by atoms with Gasteiger partial charge in [0.05, 0.1) is 19.8 Å². The van der Waals surface area contributed by atoms with Crippen LogP contribution in [0.25, 0.3) is 0 Å². The van der Waals surface area contributed by atoms with E-state index in [1.54, 1.807) is 14.0 Å². The van der Waals surface area contributed by atoms with Gasteiger partial charge < -0.3 is 20.5 Å². The molecule has 0 fully saturated rings. The number of amides is 1. The molecule has 0 radical (unpaired) electrons. The minimum atomic E-state index is -0.193. The molecule has 1 rings (SSSR count). The Morgan fingerprint density at radius 3 is 2.52 bits per heavy atom. The minimum Gasteiger partial charge on any atom is -0.493 e. The molecule has 2 atom stereocenters. The highest BCUT2D eigenvalue weighted by Crippen LogP contribution is 2.30. The summed E-state index contributed by atoms with van der Waals surface area (Å²) >= 11 is 0. The summed E-state index contributed by atoms with van der Waals surface area (Å²) in [6, 6.07) is 5.54. The Bertz CT molecular complexity index is 455. The Morgan fingerprint density at radius 2 is 2.00 bits per heavy atom. The predicted octanol–water partition coefficient (Wildman–Crippen LogP) is 2.29. The van der Waals surface area contributed by atoms with Crippen molar-refractivity contribution < 1.29 is 14.3 Å². The molecule has 0 bridgehead atoms. The molecule has 0 aromatic heterocycles. The molecule has 3 N–H and O–H groups in total. The van der Waals surface area contributed by atoms with E-state index in [0.29, 0.717) is 24.7 Å². The Labute approximate surface area is 132 Å². The molecule has 1 aromatic carbocycles. The van der Waals surface area contributed by atoms with E-state index in [0.717, 1.165) is 5.56 Å². The number of carbonyl (C=O) groups excluding carboxylic acids is 1. The van der Waals surface area contributed by atoms with Crippen molar-refractivity contribution in [1.82, 2.24) is 5.32 Å². The molecular weight excluding hydrogens is 292 g/mol. The van der Waals surface area contributed by atoms with Crippen LogP contribution < -0.4 is 20.5 Å². The van der Waals surface area contributed by atoms with E-state index in [1.807, 2.05) is 32.0 Å². The number of nitrogens with two attached hydrogens (primary N) is 1. The fraction of sp³-hybridized carbons (Fsp3) is 0.533. The van der Waals surface area contributed by atoms with Gasteiger partial charge in [-0.3, -0.25) is 4.79 Å². The van der Waals surface area contributed by atoms with Crippen molar-refractivity contribution in [1.29, 1.82) is 0 Å². The average Bonchev–Trinajstić information content (AvgIpc) is 2.46. The first-order chi connectivity index (χ1) is 9.53. The molecule has 0 saturated carbocycles. The first-order valence-corrected chi connectivity index (χ1v) is 6.84. The summed E-state index contributed by atoms with van der Waals surface area (Å²) in [6.07, 6.45) is 0. The van der Waals surface area contributed by atoms with E-state index in [4.69, 9.17) is 15.2 Å². The number of hydrogen-bond donors (Lipinski definition) is 2. The van der Waals surface area contributed by atoms with E-state index in [1.165, 1.54) is 0 Å². The van der Waals surface area contributed by atoms with Crippen LogP contribution >= 0.6 is 12.4 Å². The number of carbonyl (C=O) groups is 1. The van der Waals surface area contributed by atoms with Gasteiger partial charge in [0.1, 0.15) is 0 Å². The lowest BCUT2D eigenvalue weighted by Crippen LogP contribution is -2.34. The second kappa shape index (κ2) is 9.47. The molecule has 21 heavy (non-hydrogen) atoms. The Morgan fingerprint density at radius 1 is 1.33 bits per heavy atom. The van der Waals surface area contributed by atoms with Gasteiger partial charge in [-0.2, -0.15) is 0 Å². The molecule has 2 unspecified atom stereocenters. The zero-order chi connectivity index (χ0) is 15.1. The molecule has 0 spiro atoms. The third kappa shape index (κ3) is 5.44. The lowest BCUT2D eigenvalue weighted by molar-refractivity contribution is -0.124. The van der Waals surface area contributed by atoms with Crippen molar-refractivity contribution in [3.05, 3.63) is 23.8 Å². The molecule has 1 amide bonds. The SMILES string of the molecule is CCOc1ccc(C(C)NC(=O)C(C)CN)cc1OC.Cl. The smallest absolute Gasteiger partial charge is 0.224 e. The molecule has 6 heteroatoms. The number of ether oxygens (including phenoxy) is 2. The highest BCUT2D eigenvalue weighted by Gasteiger charge is 2.16. The molecule has 5 nitrogen and oxygen atoms in total. The first-order valence-electron chi connectivity index (χ1n) is 6.84. The van der Waals surface area contributed by atoms with Crippen LogP contribution in [-0.2, 0) is 4.79 Å². The largest absolute Gasteiger partial charge is 0.493 e. The fourth-order valence-electron chi connectivity index (χ4n) is 1.77. The Kier molecular flexibility index (Phi) is 8.81. The summed E-state index contributed by atoms with van der Waals surface area (Å²) in [5.41, 5.74) is 6.45. The van der Waals surface area contributed by atoms with E-state index in [-0.39, 0.29) is 30.3 Å². The Hall–Kier alpha value is -1.46. The van der Waals surface area contributed by atoms with Gasteiger partial charge in [0.15, 0.2) is 11.5 Å². The first kappa shape index (κ1) is 19.5. The van der Waals surface area contributed by atoms with Crippen molar-refractivity contribution in [2.45, 2.75) is 26.8 Å². The maximum Gasteiger partial charge on any atom is 0.224 e. The lowest BCUT2D eigenvalue weighted by atomic mass is 10.1. The van der Waals surface area contributed by atoms with Crippen LogP contribution in [-0.4, -0.2) is 26.2 Å². The normalized spacial score (nSPS) is 12.8. The molecule has 1 aromatic rings. The Balaban J connectivity index is 0.00000400. The summed E-state index contributed by atoms with van der Waals surface area (Å²) < 4.78 is 10.8. The van der Waals surface area contributed by atoms with Crippen LogP contribution in [0, 0.1) is 5.92 Å². The zero-order valence-electron chi connectivity index (χ0n) is 13.0. The quantitative estimate of drug-likeness (QED) is 0.809. The fourth-order valence-corrected chi connectivity index (χ4v) is 1.77.